The fourth-order valence-electron chi connectivity index (χ4n) is 3.10. The molecule has 3 rings (SSSR count). The number of alkyl halides is 6. The topological polar surface area (TPSA) is 103 Å². The molecule has 0 bridgehead atoms. The van der Waals surface area contributed by atoms with Gasteiger partial charge in [-0.1, -0.05) is 0 Å². The number of amides is 1. The van der Waals surface area contributed by atoms with Crippen molar-refractivity contribution in [1.82, 2.24) is 15.1 Å². The van der Waals surface area contributed by atoms with Crippen LogP contribution in [0.4, 0.5) is 26.3 Å². The van der Waals surface area contributed by atoms with Gasteiger partial charge < -0.3 is 14.1 Å². The van der Waals surface area contributed by atoms with E-state index in [1.807, 2.05) is 0 Å². The van der Waals surface area contributed by atoms with E-state index in [0.717, 1.165) is 36.3 Å². The van der Waals surface area contributed by atoms with Crippen molar-refractivity contribution in [3.8, 4) is 5.75 Å². The first-order valence-electron chi connectivity index (χ1n) is 9.34. The van der Waals surface area contributed by atoms with E-state index in [4.69, 9.17) is 4.74 Å². The van der Waals surface area contributed by atoms with E-state index < -0.39 is 57.3 Å². The maximum absolute atomic E-state index is 13.0. The van der Waals surface area contributed by atoms with Crippen LogP contribution >= 0.6 is 0 Å². The van der Waals surface area contributed by atoms with E-state index >= 15 is 0 Å². The first-order chi connectivity index (χ1) is 15.1. The molecule has 0 N–H and O–H groups in total. The van der Waals surface area contributed by atoms with E-state index in [1.165, 1.54) is 0 Å². The molecule has 2 heterocycles. The van der Waals surface area contributed by atoms with E-state index in [-0.39, 0.29) is 30.3 Å². The van der Waals surface area contributed by atoms with E-state index in [2.05, 4.69) is 14.6 Å². The molecule has 8 nitrogen and oxygen atoms in total. The molecule has 182 valence electrons. The van der Waals surface area contributed by atoms with Gasteiger partial charge in [0.2, 0.25) is 5.89 Å². The minimum atomic E-state index is -4.84. The Labute approximate surface area is 183 Å². The highest BCUT2D eigenvalue weighted by atomic mass is 32.2. The monoisotopic (exact) mass is 501 g/mol. The van der Waals surface area contributed by atoms with E-state index in [0.29, 0.717) is 0 Å². The molecular weight excluding hydrogens is 484 g/mol. The molecule has 15 heteroatoms. The van der Waals surface area contributed by atoms with Gasteiger partial charge in [-0.2, -0.15) is 26.3 Å². The summed E-state index contributed by atoms with van der Waals surface area (Å²) < 4.78 is 110. The zero-order valence-corrected chi connectivity index (χ0v) is 17.9. The maximum Gasteiger partial charge on any atom is 0.470 e. The van der Waals surface area contributed by atoms with Gasteiger partial charge in [0, 0.05) is 19.3 Å². The van der Waals surface area contributed by atoms with Crippen LogP contribution in [0.15, 0.2) is 27.5 Å². The van der Waals surface area contributed by atoms with Gasteiger partial charge in [-0.3, -0.25) is 4.79 Å². The lowest BCUT2D eigenvalue weighted by atomic mass is 10.1. The Hall–Kier alpha value is -2.84. The minimum absolute atomic E-state index is 0.00456. The number of benzene rings is 1. The van der Waals surface area contributed by atoms with Gasteiger partial charge in [0.1, 0.15) is 5.75 Å². The average molecular weight is 501 g/mol. The highest BCUT2D eigenvalue weighted by molar-refractivity contribution is 7.90. The predicted octanol–water partition coefficient (Wildman–Crippen LogP) is 3.45. The molecular formula is C18H17F6N3O5S. The summed E-state index contributed by atoms with van der Waals surface area (Å²) in [6.07, 6.45) is -10.9. The molecule has 1 aromatic heterocycles. The lowest BCUT2D eigenvalue weighted by Crippen LogP contribution is -2.33. The van der Waals surface area contributed by atoms with Gasteiger partial charge in [-0.25, -0.2) is 8.42 Å². The van der Waals surface area contributed by atoms with Gasteiger partial charge in [0.05, 0.1) is 16.4 Å². The van der Waals surface area contributed by atoms with Crippen molar-refractivity contribution in [3.63, 3.8) is 0 Å². The summed E-state index contributed by atoms with van der Waals surface area (Å²) in [7, 11) is -3.81. The Kier molecular flexibility index (Phi) is 6.39. The second kappa shape index (κ2) is 8.50. The Morgan fingerprint density at radius 1 is 1.21 bits per heavy atom. The standard InChI is InChI=1S/C18H17F6N3O5S/c1-9(17(19,20)21)31-13-4-3-11(33(2,29)30)7-12(13)15(28)27-6-5-10(8-27)14-25-26-16(32-14)18(22,23)24/h3-4,7,9-10H,5-6,8H2,1-2H3/t9-,10?/m1/s1. The first kappa shape index (κ1) is 24.8. The molecule has 0 spiro atoms. The third kappa shape index (κ3) is 5.57. The Morgan fingerprint density at radius 2 is 1.88 bits per heavy atom. The summed E-state index contributed by atoms with van der Waals surface area (Å²) in [6.45, 7) is 0.554. The number of hydrogen-bond donors (Lipinski definition) is 0. The largest absolute Gasteiger partial charge is 0.480 e. The van der Waals surface area contributed by atoms with Crippen molar-refractivity contribution in [1.29, 1.82) is 0 Å². The molecule has 1 aliphatic heterocycles. The van der Waals surface area contributed by atoms with Crippen molar-refractivity contribution in [3.05, 3.63) is 35.5 Å². The van der Waals surface area contributed by atoms with Gasteiger partial charge in [0.25, 0.3) is 5.91 Å². The Balaban J connectivity index is 1.88. The minimum Gasteiger partial charge on any atom is -0.480 e. The van der Waals surface area contributed by atoms with Gasteiger partial charge >= 0.3 is 18.2 Å². The van der Waals surface area contributed by atoms with Crippen LogP contribution < -0.4 is 4.74 Å². The summed E-state index contributed by atoms with van der Waals surface area (Å²) in [6, 6.07) is 2.86. The molecule has 33 heavy (non-hydrogen) atoms. The molecule has 1 saturated heterocycles. The molecule has 2 atom stereocenters. The maximum atomic E-state index is 13.0. The molecule has 0 aliphatic carbocycles. The van der Waals surface area contributed by atoms with Crippen molar-refractivity contribution < 1.29 is 48.7 Å². The average Bonchev–Trinajstić information content (AvgIpc) is 3.35. The number of ether oxygens (including phenoxy) is 1. The molecule has 1 fully saturated rings. The molecule has 0 radical (unpaired) electrons. The fourth-order valence-corrected chi connectivity index (χ4v) is 3.74. The SMILES string of the molecule is C[C@@H](Oc1ccc(S(C)(=O)=O)cc1C(=O)N1CCC(c2nnc(C(F)(F)F)o2)C1)C(F)(F)F. The third-order valence-corrected chi connectivity index (χ3v) is 5.99. The summed E-state index contributed by atoms with van der Waals surface area (Å²) in [5, 5.41) is 6.29. The summed E-state index contributed by atoms with van der Waals surface area (Å²) >= 11 is 0. The number of likely N-dealkylation sites (tertiary alicyclic amines) is 1. The second-order valence-corrected chi connectivity index (χ2v) is 9.43. The molecule has 1 aliphatic rings. The zero-order chi connectivity index (χ0) is 24.8. The van der Waals surface area contributed by atoms with Crippen molar-refractivity contribution in [2.75, 3.05) is 19.3 Å². The molecule has 1 aromatic carbocycles. The lowest BCUT2D eigenvalue weighted by Gasteiger charge is -2.22. The van der Waals surface area contributed by atoms with Crippen LogP contribution in [0.2, 0.25) is 0 Å². The Bertz CT molecular complexity index is 1150. The number of sulfone groups is 1. The van der Waals surface area contributed by atoms with E-state index in [9.17, 15) is 39.6 Å². The smallest absolute Gasteiger partial charge is 0.470 e. The molecule has 0 saturated carbocycles. The number of nitrogens with zero attached hydrogens (tertiary/aromatic N) is 3. The predicted molar refractivity (Wildman–Crippen MR) is 98.3 cm³/mol. The van der Waals surface area contributed by atoms with Gasteiger partial charge in [0.15, 0.2) is 15.9 Å². The van der Waals surface area contributed by atoms with Crippen LogP contribution in [-0.4, -0.2) is 61.0 Å². The van der Waals surface area contributed by atoms with E-state index in [1.54, 1.807) is 0 Å². The summed E-state index contributed by atoms with van der Waals surface area (Å²) in [5.74, 6) is -3.97. The number of carbonyl (C=O) groups excluding carboxylic acids is 1. The number of hydrogen-bond acceptors (Lipinski definition) is 7. The first-order valence-corrected chi connectivity index (χ1v) is 11.2. The lowest BCUT2D eigenvalue weighted by molar-refractivity contribution is -0.189. The van der Waals surface area contributed by atoms with Crippen LogP contribution in [0.3, 0.4) is 0 Å². The normalized spacial score (nSPS) is 18.4. The summed E-state index contributed by atoms with van der Waals surface area (Å²) in [4.78, 5) is 13.9. The van der Waals surface area contributed by atoms with Crippen LogP contribution in [0.1, 0.15) is 41.4 Å². The quantitative estimate of drug-likeness (QED) is 0.579. The highest BCUT2D eigenvalue weighted by Crippen LogP contribution is 2.34. The number of halogens is 6. The summed E-state index contributed by atoms with van der Waals surface area (Å²) in [5.41, 5.74) is -0.434. The van der Waals surface area contributed by atoms with Crippen LogP contribution in [0.5, 0.6) is 5.75 Å². The molecule has 1 unspecified atom stereocenters. The van der Waals surface area contributed by atoms with Crippen LogP contribution in [-0.2, 0) is 16.0 Å². The Morgan fingerprint density at radius 3 is 2.42 bits per heavy atom. The fraction of sp³-hybridized carbons (Fsp3) is 0.500. The number of rotatable bonds is 5. The van der Waals surface area contributed by atoms with Crippen molar-refractivity contribution in [2.24, 2.45) is 0 Å². The third-order valence-electron chi connectivity index (χ3n) is 4.88. The van der Waals surface area contributed by atoms with Crippen molar-refractivity contribution >= 4 is 15.7 Å². The van der Waals surface area contributed by atoms with Crippen LogP contribution in [0, 0.1) is 0 Å². The van der Waals surface area contributed by atoms with Gasteiger partial charge in [-0.15, -0.1) is 10.2 Å². The number of aromatic nitrogens is 2. The zero-order valence-electron chi connectivity index (χ0n) is 17.1. The number of carbonyl (C=O) groups is 1. The van der Waals surface area contributed by atoms with Crippen molar-refractivity contribution in [2.45, 2.75) is 42.6 Å². The highest BCUT2D eigenvalue weighted by Gasteiger charge is 2.41. The second-order valence-electron chi connectivity index (χ2n) is 7.41. The molecule has 2 aromatic rings. The van der Waals surface area contributed by atoms with Gasteiger partial charge in [-0.05, 0) is 31.5 Å². The van der Waals surface area contributed by atoms with Crippen LogP contribution in [0.25, 0.3) is 0 Å². The molecule has 1 amide bonds.